The van der Waals surface area contributed by atoms with Crippen LogP contribution >= 0.6 is 0 Å². The van der Waals surface area contributed by atoms with Crippen LogP contribution in [-0.2, 0) is 20.8 Å². The van der Waals surface area contributed by atoms with Gasteiger partial charge in [-0.1, -0.05) is 29.8 Å². The van der Waals surface area contributed by atoms with Crippen LogP contribution in [-0.4, -0.2) is 35.0 Å². The lowest BCUT2D eigenvalue weighted by Crippen LogP contribution is -2.62. The summed E-state index contributed by atoms with van der Waals surface area (Å²) in [6, 6.07) is 6.37. The van der Waals surface area contributed by atoms with Gasteiger partial charge in [-0.05, 0) is 18.9 Å². The first-order valence-corrected chi connectivity index (χ1v) is 6.84. The van der Waals surface area contributed by atoms with Gasteiger partial charge in [0.25, 0.3) is 0 Å². The van der Waals surface area contributed by atoms with Crippen LogP contribution in [0, 0.1) is 6.92 Å². The second kappa shape index (κ2) is 6.39. The second-order valence-corrected chi connectivity index (χ2v) is 5.25. The zero-order chi connectivity index (χ0) is 15.4. The quantitative estimate of drug-likeness (QED) is 0.731. The summed E-state index contributed by atoms with van der Waals surface area (Å²) in [6.45, 7) is 1.96. The van der Waals surface area contributed by atoms with Crippen molar-refractivity contribution in [3.8, 4) is 0 Å². The van der Waals surface area contributed by atoms with E-state index in [-0.39, 0.29) is 24.7 Å². The summed E-state index contributed by atoms with van der Waals surface area (Å²) >= 11 is 0. The third-order valence-electron chi connectivity index (χ3n) is 3.44. The SMILES string of the molecule is Cc1cccc(CC2NC(=O)[C@H](CCC(=O)O)NC2=O)c1. The molecule has 0 radical (unpaired) electrons. The number of benzene rings is 1. The number of hydrogen-bond acceptors (Lipinski definition) is 3. The summed E-state index contributed by atoms with van der Waals surface area (Å²) in [5.41, 5.74) is 2.06. The first kappa shape index (κ1) is 15.0. The number of hydrogen-bond donors (Lipinski definition) is 3. The van der Waals surface area contributed by atoms with Crippen LogP contribution in [0.25, 0.3) is 0 Å². The van der Waals surface area contributed by atoms with Crippen molar-refractivity contribution in [3.63, 3.8) is 0 Å². The van der Waals surface area contributed by atoms with E-state index < -0.39 is 18.1 Å². The largest absolute Gasteiger partial charge is 0.481 e. The van der Waals surface area contributed by atoms with Crippen molar-refractivity contribution >= 4 is 17.8 Å². The Morgan fingerprint density at radius 3 is 2.52 bits per heavy atom. The lowest BCUT2D eigenvalue weighted by atomic mass is 9.99. The maximum atomic E-state index is 12.0. The van der Waals surface area contributed by atoms with E-state index >= 15 is 0 Å². The molecule has 0 bridgehead atoms. The lowest BCUT2D eigenvalue weighted by molar-refractivity contribution is -0.139. The molecule has 1 fully saturated rings. The van der Waals surface area contributed by atoms with Gasteiger partial charge in [0.15, 0.2) is 0 Å². The molecule has 2 atom stereocenters. The molecule has 0 saturated carbocycles. The van der Waals surface area contributed by atoms with Crippen molar-refractivity contribution in [1.82, 2.24) is 10.6 Å². The van der Waals surface area contributed by atoms with Crippen LogP contribution in [0.1, 0.15) is 24.0 Å². The van der Waals surface area contributed by atoms with Crippen LogP contribution in [0.5, 0.6) is 0 Å². The van der Waals surface area contributed by atoms with E-state index in [0.29, 0.717) is 6.42 Å². The highest BCUT2D eigenvalue weighted by Crippen LogP contribution is 2.11. The van der Waals surface area contributed by atoms with E-state index in [1.165, 1.54) is 0 Å². The molecule has 1 saturated heterocycles. The molecule has 1 aromatic carbocycles. The predicted molar refractivity (Wildman–Crippen MR) is 75.6 cm³/mol. The number of piperazine rings is 1. The molecule has 21 heavy (non-hydrogen) atoms. The van der Waals surface area contributed by atoms with Crippen LogP contribution in [0.15, 0.2) is 24.3 Å². The maximum Gasteiger partial charge on any atom is 0.303 e. The van der Waals surface area contributed by atoms with Gasteiger partial charge in [-0.2, -0.15) is 0 Å². The van der Waals surface area contributed by atoms with Gasteiger partial charge < -0.3 is 15.7 Å². The van der Waals surface area contributed by atoms with Crippen molar-refractivity contribution in [1.29, 1.82) is 0 Å². The zero-order valence-corrected chi connectivity index (χ0v) is 11.8. The molecular weight excluding hydrogens is 272 g/mol. The molecular formula is C15H18N2O4. The molecule has 1 aliphatic heterocycles. The number of carbonyl (C=O) groups excluding carboxylic acids is 2. The zero-order valence-electron chi connectivity index (χ0n) is 11.8. The second-order valence-electron chi connectivity index (χ2n) is 5.25. The Labute approximate surface area is 122 Å². The summed E-state index contributed by atoms with van der Waals surface area (Å²) in [5.74, 6) is -1.58. The molecule has 3 N–H and O–H groups in total. The van der Waals surface area contributed by atoms with E-state index in [1.54, 1.807) is 0 Å². The fraction of sp³-hybridized carbons (Fsp3) is 0.400. The standard InChI is InChI=1S/C15H18N2O4/c1-9-3-2-4-10(7-9)8-12-15(21)16-11(14(20)17-12)5-6-13(18)19/h2-4,7,11-12H,5-6,8H2,1H3,(H,16,21)(H,17,20)(H,18,19)/t11-,12?/m0/s1. The van der Waals surface area contributed by atoms with Gasteiger partial charge in [-0.15, -0.1) is 0 Å². The van der Waals surface area contributed by atoms with Crippen molar-refractivity contribution in [2.24, 2.45) is 0 Å². The number of carboxylic acids is 1. The van der Waals surface area contributed by atoms with Crippen molar-refractivity contribution in [3.05, 3.63) is 35.4 Å². The number of nitrogens with one attached hydrogen (secondary N) is 2. The highest BCUT2D eigenvalue weighted by molar-refractivity contribution is 5.97. The summed E-state index contributed by atoms with van der Waals surface area (Å²) in [6.07, 6.45) is 0.371. The normalized spacial score (nSPS) is 21.6. The highest BCUT2D eigenvalue weighted by atomic mass is 16.4. The first-order valence-electron chi connectivity index (χ1n) is 6.84. The van der Waals surface area contributed by atoms with Gasteiger partial charge >= 0.3 is 5.97 Å². The molecule has 1 unspecified atom stereocenters. The molecule has 0 spiro atoms. The van der Waals surface area contributed by atoms with Crippen molar-refractivity contribution in [2.75, 3.05) is 0 Å². The summed E-state index contributed by atoms with van der Waals surface area (Å²) in [4.78, 5) is 34.4. The van der Waals surface area contributed by atoms with Gasteiger partial charge in [0.1, 0.15) is 12.1 Å². The van der Waals surface area contributed by atoms with Crippen molar-refractivity contribution in [2.45, 2.75) is 38.3 Å². The Balaban J connectivity index is 1.97. The summed E-state index contributed by atoms with van der Waals surface area (Å²) in [7, 11) is 0. The van der Waals surface area contributed by atoms with E-state index in [0.717, 1.165) is 11.1 Å². The van der Waals surface area contributed by atoms with Crippen LogP contribution in [0.3, 0.4) is 0 Å². The number of aryl methyl sites for hydroxylation is 1. The molecule has 1 aromatic rings. The third kappa shape index (κ3) is 4.05. The molecule has 0 aliphatic carbocycles. The Morgan fingerprint density at radius 2 is 1.86 bits per heavy atom. The molecule has 112 valence electrons. The summed E-state index contributed by atoms with van der Waals surface area (Å²) in [5, 5.41) is 13.9. The number of rotatable bonds is 5. The fourth-order valence-corrected chi connectivity index (χ4v) is 2.37. The fourth-order valence-electron chi connectivity index (χ4n) is 2.37. The number of aliphatic carboxylic acids is 1. The molecule has 2 rings (SSSR count). The molecule has 0 aromatic heterocycles. The number of carbonyl (C=O) groups is 3. The monoisotopic (exact) mass is 290 g/mol. The predicted octanol–water partition coefficient (Wildman–Crippen LogP) is 0.386. The first-order chi connectivity index (χ1) is 9.95. The minimum Gasteiger partial charge on any atom is -0.481 e. The van der Waals surface area contributed by atoms with E-state index in [2.05, 4.69) is 10.6 Å². The Morgan fingerprint density at radius 1 is 1.19 bits per heavy atom. The van der Waals surface area contributed by atoms with E-state index in [1.807, 2.05) is 31.2 Å². The third-order valence-corrected chi connectivity index (χ3v) is 3.44. The van der Waals surface area contributed by atoms with Gasteiger partial charge in [0, 0.05) is 12.8 Å². The Hall–Kier alpha value is -2.37. The molecule has 1 aliphatic rings. The molecule has 2 amide bonds. The summed E-state index contributed by atoms with van der Waals surface area (Å²) < 4.78 is 0. The Bertz CT molecular complexity index is 571. The lowest BCUT2D eigenvalue weighted by Gasteiger charge is -2.29. The van der Waals surface area contributed by atoms with Gasteiger partial charge in [-0.25, -0.2) is 0 Å². The van der Waals surface area contributed by atoms with Gasteiger partial charge in [-0.3, -0.25) is 14.4 Å². The van der Waals surface area contributed by atoms with Crippen LogP contribution < -0.4 is 10.6 Å². The molecule has 6 nitrogen and oxygen atoms in total. The highest BCUT2D eigenvalue weighted by Gasteiger charge is 2.33. The van der Waals surface area contributed by atoms with Crippen molar-refractivity contribution < 1.29 is 19.5 Å². The van der Waals surface area contributed by atoms with E-state index in [9.17, 15) is 14.4 Å². The average molecular weight is 290 g/mol. The van der Waals surface area contributed by atoms with Crippen LogP contribution in [0.4, 0.5) is 0 Å². The molecule has 6 heteroatoms. The van der Waals surface area contributed by atoms with Gasteiger partial charge in [0.2, 0.25) is 11.8 Å². The smallest absolute Gasteiger partial charge is 0.303 e. The van der Waals surface area contributed by atoms with Gasteiger partial charge in [0.05, 0.1) is 0 Å². The number of carboxylic acid groups (broad SMARTS) is 1. The maximum absolute atomic E-state index is 12.0. The number of amides is 2. The molecule has 1 heterocycles. The topological polar surface area (TPSA) is 95.5 Å². The Kier molecular flexibility index (Phi) is 4.57. The van der Waals surface area contributed by atoms with Crippen LogP contribution in [0.2, 0.25) is 0 Å². The minimum absolute atomic E-state index is 0.101. The minimum atomic E-state index is -0.987. The average Bonchev–Trinajstić information content (AvgIpc) is 2.41. The van der Waals surface area contributed by atoms with E-state index in [4.69, 9.17) is 5.11 Å².